The average Bonchev–Trinajstić information content (AvgIpc) is 2.38. The quantitative estimate of drug-likeness (QED) is 0.850. The molecule has 0 radical (unpaired) electrons. The minimum atomic E-state index is 0.165. The molecule has 1 aromatic rings. The standard InChI is InChI=1S/C16H24N2O/c1-3-17-12(2)10-16(19)18-15-9-8-13-6-4-5-7-14(13)11-15/h4-7,12,15,17H,3,8-11H2,1-2H3,(H,18,19). The number of aryl methyl sites for hydroxylation is 1. The van der Waals surface area contributed by atoms with Crippen molar-refractivity contribution in [1.82, 2.24) is 10.6 Å². The van der Waals surface area contributed by atoms with Crippen molar-refractivity contribution in [2.45, 2.75) is 51.6 Å². The summed E-state index contributed by atoms with van der Waals surface area (Å²) in [6.45, 7) is 5.02. The highest BCUT2D eigenvalue weighted by atomic mass is 16.1. The lowest BCUT2D eigenvalue weighted by atomic mass is 9.88. The summed E-state index contributed by atoms with van der Waals surface area (Å²) in [4.78, 5) is 12.0. The molecule has 2 atom stereocenters. The molecule has 2 unspecified atom stereocenters. The maximum Gasteiger partial charge on any atom is 0.221 e. The molecule has 19 heavy (non-hydrogen) atoms. The van der Waals surface area contributed by atoms with E-state index in [1.807, 2.05) is 0 Å². The van der Waals surface area contributed by atoms with Crippen LogP contribution in [0.5, 0.6) is 0 Å². The van der Waals surface area contributed by atoms with Crippen molar-refractivity contribution in [2.24, 2.45) is 0 Å². The van der Waals surface area contributed by atoms with Crippen molar-refractivity contribution in [1.29, 1.82) is 0 Å². The maximum absolute atomic E-state index is 12.0. The Bertz CT molecular complexity index is 431. The van der Waals surface area contributed by atoms with E-state index in [2.05, 4.69) is 48.7 Å². The van der Waals surface area contributed by atoms with Crippen LogP contribution in [0, 0.1) is 0 Å². The Labute approximate surface area is 115 Å². The van der Waals surface area contributed by atoms with E-state index in [1.54, 1.807) is 0 Å². The van der Waals surface area contributed by atoms with E-state index in [1.165, 1.54) is 11.1 Å². The second-order valence-electron chi connectivity index (χ2n) is 5.44. The Morgan fingerprint density at radius 1 is 1.37 bits per heavy atom. The van der Waals surface area contributed by atoms with Crippen molar-refractivity contribution < 1.29 is 4.79 Å². The summed E-state index contributed by atoms with van der Waals surface area (Å²) in [6, 6.07) is 9.10. The number of nitrogens with one attached hydrogen (secondary N) is 2. The van der Waals surface area contributed by atoms with Crippen LogP contribution >= 0.6 is 0 Å². The molecule has 3 nitrogen and oxygen atoms in total. The van der Waals surface area contributed by atoms with Gasteiger partial charge >= 0.3 is 0 Å². The van der Waals surface area contributed by atoms with E-state index in [9.17, 15) is 4.79 Å². The first-order valence-corrected chi connectivity index (χ1v) is 7.28. The molecule has 0 spiro atoms. The Morgan fingerprint density at radius 3 is 2.84 bits per heavy atom. The third kappa shape index (κ3) is 4.06. The van der Waals surface area contributed by atoms with E-state index >= 15 is 0 Å². The van der Waals surface area contributed by atoms with Crippen LogP contribution in [0.2, 0.25) is 0 Å². The molecule has 104 valence electrons. The number of fused-ring (bicyclic) bond motifs is 1. The molecule has 0 heterocycles. The molecule has 0 saturated carbocycles. The van der Waals surface area contributed by atoms with Crippen molar-refractivity contribution in [3.05, 3.63) is 35.4 Å². The van der Waals surface area contributed by atoms with E-state index < -0.39 is 0 Å². The normalized spacial score (nSPS) is 19.6. The van der Waals surface area contributed by atoms with Gasteiger partial charge in [0.25, 0.3) is 0 Å². The third-order valence-electron chi connectivity index (χ3n) is 3.76. The molecule has 0 saturated heterocycles. The molecule has 0 fully saturated rings. The smallest absolute Gasteiger partial charge is 0.221 e. The summed E-state index contributed by atoms with van der Waals surface area (Å²) in [5.41, 5.74) is 2.83. The second kappa shape index (κ2) is 6.71. The van der Waals surface area contributed by atoms with Gasteiger partial charge in [0, 0.05) is 18.5 Å². The number of amides is 1. The number of carbonyl (C=O) groups excluding carboxylic acids is 1. The predicted octanol–water partition coefficient (Wildman–Crippen LogP) is 2.05. The average molecular weight is 260 g/mol. The highest BCUT2D eigenvalue weighted by Gasteiger charge is 2.20. The summed E-state index contributed by atoms with van der Waals surface area (Å²) < 4.78 is 0. The van der Waals surface area contributed by atoms with Gasteiger partial charge in [-0.3, -0.25) is 4.79 Å². The summed E-state index contributed by atoms with van der Waals surface area (Å²) in [5, 5.41) is 6.44. The maximum atomic E-state index is 12.0. The topological polar surface area (TPSA) is 41.1 Å². The van der Waals surface area contributed by atoms with Crippen molar-refractivity contribution in [3.8, 4) is 0 Å². The van der Waals surface area contributed by atoms with Gasteiger partial charge in [-0.15, -0.1) is 0 Å². The van der Waals surface area contributed by atoms with Crippen LogP contribution in [0.3, 0.4) is 0 Å². The van der Waals surface area contributed by atoms with Crippen molar-refractivity contribution in [3.63, 3.8) is 0 Å². The van der Waals surface area contributed by atoms with E-state index in [0.717, 1.165) is 25.8 Å². The number of benzene rings is 1. The lowest BCUT2D eigenvalue weighted by molar-refractivity contribution is -0.122. The van der Waals surface area contributed by atoms with Crippen LogP contribution < -0.4 is 10.6 Å². The SMILES string of the molecule is CCNC(C)CC(=O)NC1CCc2ccccc2C1. The van der Waals surface area contributed by atoms with Gasteiger partial charge in [0.15, 0.2) is 0 Å². The zero-order valence-electron chi connectivity index (χ0n) is 11.9. The fourth-order valence-electron chi connectivity index (χ4n) is 2.81. The van der Waals surface area contributed by atoms with Gasteiger partial charge in [-0.1, -0.05) is 31.2 Å². The van der Waals surface area contributed by atoms with E-state index in [0.29, 0.717) is 12.5 Å². The Morgan fingerprint density at radius 2 is 2.11 bits per heavy atom. The zero-order valence-corrected chi connectivity index (χ0v) is 11.9. The highest BCUT2D eigenvalue weighted by molar-refractivity contribution is 5.76. The molecule has 0 aliphatic heterocycles. The largest absolute Gasteiger partial charge is 0.353 e. The van der Waals surface area contributed by atoms with Crippen LogP contribution in [-0.4, -0.2) is 24.5 Å². The lowest BCUT2D eigenvalue weighted by Gasteiger charge is -2.26. The fourth-order valence-corrected chi connectivity index (χ4v) is 2.81. The summed E-state index contributed by atoms with van der Waals surface area (Å²) in [7, 11) is 0. The predicted molar refractivity (Wildman–Crippen MR) is 78.2 cm³/mol. The Kier molecular flexibility index (Phi) is 4.97. The van der Waals surface area contributed by atoms with Gasteiger partial charge in [-0.05, 0) is 43.9 Å². The van der Waals surface area contributed by atoms with Gasteiger partial charge in [0.05, 0.1) is 0 Å². The van der Waals surface area contributed by atoms with Crippen LogP contribution in [0.4, 0.5) is 0 Å². The molecule has 2 N–H and O–H groups in total. The molecule has 2 rings (SSSR count). The minimum Gasteiger partial charge on any atom is -0.353 e. The van der Waals surface area contributed by atoms with Gasteiger partial charge < -0.3 is 10.6 Å². The van der Waals surface area contributed by atoms with Crippen LogP contribution in [0.15, 0.2) is 24.3 Å². The first kappa shape index (κ1) is 14.1. The molecule has 1 aliphatic carbocycles. The Balaban J connectivity index is 1.83. The number of hydrogen-bond acceptors (Lipinski definition) is 2. The van der Waals surface area contributed by atoms with Crippen molar-refractivity contribution >= 4 is 5.91 Å². The molecule has 3 heteroatoms. The molecular weight excluding hydrogens is 236 g/mol. The molecule has 1 aliphatic rings. The van der Waals surface area contributed by atoms with Gasteiger partial charge in [-0.25, -0.2) is 0 Å². The zero-order chi connectivity index (χ0) is 13.7. The molecule has 0 bridgehead atoms. The molecule has 1 amide bonds. The second-order valence-corrected chi connectivity index (χ2v) is 5.44. The first-order valence-electron chi connectivity index (χ1n) is 7.28. The van der Waals surface area contributed by atoms with Crippen LogP contribution in [0.1, 0.15) is 37.8 Å². The Hall–Kier alpha value is -1.35. The third-order valence-corrected chi connectivity index (χ3v) is 3.76. The minimum absolute atomic E-state index is 0.165. The number of hydrogen-bond donors (Lipinski definition) is 2. The van der Waals surface area contributed by atoms with E-state index in [-0.39, 0.29) is 11.9 Å². The van der Waals surface area contributed by atoms with Crippen LogP contribution in [-0.2, 0) is 17.6 Å². The lowest BCUT2D eigenvalue weighted by Crippen LogP contribution is -2.41. The van der Waals surface area contributed by atoms with Crippen LogP contribution in [0.25, 0.3) is 0 Å². The summed E-state index contributed by atoms with van der Waals surface area (Å²) in [5.74, 6) is 0.165. The number of rotatable bonds is 5. The fraction of sp³-hybridized carbons (Fsp3) is 0.562. The monoisotopic (exact) mass is 260 g/mol. The molecular formula is C16H24N2O. The molecule has 1 aromatic carbocycles. The highest BCUT2D eigenvalue weighted by Crippen LogP contribution is 2.21. The van der Waals surface area contributed by atoms with Crippen molar-refractivity contribution in [2.75, 3.05) is 6.54 Å². The summed E-state index contributed by atoms with van der Waals surface area (Å²) >= 11 is 0. The number of carbonyl (C=O) groups is 1. The van der Waals surface area contributed by atoms with E-state index in [4.69, 9.17) is 0 Å². The molecule has 0 aromatic heterocycles. The van der Waals surface area contributed by atoms with Gasteiger partial charge in [0.1, 0.15) is 0 Å². The first-order chi connectivity index (χ1) is 9.19. The van der Waals surface area contributed by atoms with Gasteiger partial charge in [0.2, 0.25) is 5.91 Å². The summed E-state index contributed by atoms with van der Waals surface area (Å²) in [6.07, 6.45) is 3.66. The van der Waals surface area contributed by atoms with Gasteiger partial charge in [-0.2, -0.15) is 0 Å².